The zero-order valence-corrected chi connectivity index (χ0v) is 36.0. The molecule has 0 saturated heterocycles. The molecule has 0 aliphatic heterocycles. The maximum Gasteiger partial charge on any atom is 0.160 e. The van der Waals surface area contributed by atoms with Gasteiger partial charge >= 0.3 is 0 Å². The van der Waals surface area contributed by atoms with Crippen LogP contribution in [0.25, 0.3) is 103 Å². The van der Waals surface area contributed by atoms with E-state index in [1.54, 1.807) is 0 Å². The Kier molecular flexibility index (Phi) is 8.68. The van der Waals surface area contributed by atoms with E-state index in [1.165, 1.54) is 41.7 Å². The first-order valence-electron chi connectivity index (χ1n) is 22.0. The highest BCUT2D eigenvalue weighted by Gasteiger charge is 2.20. The molecule has 0 aliphatic rings. The number of para-hydroxylation sites is 2. The number of aromatic nitrogens is 3. The van der Waals surface area contributed by atoms with Crippen LogP contribution in [0.15, 0.2) is 231 Å². The summed E-state index contributed by atoms with van der Waals surface area (Å²) < 4.78 is 5.01. The van der Waals surface area contributed by atoms with Crippen LogP contribution in [0.3, 0.4) is 0 Å². The predicted molar refractivity (Wildman–Crippen MR) is 275 cm³/mol. The second-order valence-electron chi connectivity index (χ2n) is 16.6. The average molecular weight is 847 g/mol. The molecule has 0 atom stereocenters. The van der Waals surface area contributed by atoms with Gasteiger partial charge in [-0.05, 0) is 95.4 Å². The average Bonchev–Trinajstić information content (AvgIpc) is 3.92. The lowest BCUT2D eigenvalue weighted by atomic mass is 10.00. The number of nitrogens with zero attached hydrogens (tertiary/aromatic N) is 4. The number of anilines is 3. The molecule has 65 heavy (non-hydrogen) atoms. The molecule has 5 heteroatoms. The Balaban J connectivity index is 0.944. The summed E-state index contributed by atoms with van der Waals surface area (Å²) in [6.45, 7) is 0. The summed E-state index contributed by atoms with van der Waals surface area (Å²) in [4.78, 5) is 12.7. The molecule has 0 bridgehead atoms. The van der Waals surface area contributed by atoms with Crippen LogP contribution in [0.4, 0.5) is 17.1 Å². The summed E-state index contributed by atoms with van der Waals surface area (Å²) in [6.07, 6.45) is 0. The predicted octanol–water partition coefficient (Wildman–Crippen LogP) is 16.7. The topological polar surface area (TPSA) is 34.0 Å². The van der Waals surface area contributed by atoms with Gasteiger partial charge in [0.2, 0.25) is 0 Å². The number of hydrogen-bond donors (Lipinski definition) is 0. The fraction of sp³-hybridized carbons (Fsp3) is 0. The van der Waals surface area contributed by atoms with Crippen LogP contribution >= 0.6 is 11.3 Å². The van der Waals surface area contributed by atoms with Crippen LogP contribution in [-0.4, -0.2) is 14.5 Å². The molecule has 0 aliphatic carbocycles. The molecular formula is C60H38N4S. The molecule has 0 spiro atoms. The molecule has 3 aromatic heterocycles. The van der Waals surface area contributed by atoms with Crippen LogP contribution in [0.5, 0.6) is 0 Å². The zero-order valence-electron chi connectivity index (χ0n) is 35.1. The highest BCUT2D eigenvalue weighted by Crippen LogP contribution is 2.44. The van der Waals surface area contributed by atoms with Crippen molar-refractivity contribution >= 4 is 92.1 Å². The normalized spacial score (nSPS) is 11.7. The Labute approximate surface area is 379 Å². The van der Waals surface area contributed by atoms with E-state index in [0.29, 0.717) is 5.82 Å². The van der Waals surface area contributed by atoms with Crippen LogP contribution in [0, 0.1) is 0 Å². The van der Waals surface area contributed by atoms with Gasteiger partial charge in [-0.15, -0.1) is 11.3 Å². The summed E-state index contributed by atoms with van der Waals surface area (Å²) >= 11 is 1.85. The van der Waals surface area contributed by atoms with E-state index in [1.807, 2.05) is 23.5 Å². The van der Waals surface area contributed by atoms with Crippen LogP contribution in [-0.2, 0) is 0 Å². The molecule has 4 nitrogen and oxygen atoms in total. The minimum atomic E-state index is 0.711. The summed E-state index contributed by atoms with van der Waals surface area (Å²) in [5.74, 6) is 0.711. The zero-order chi connectivity index (χ0) is 42.8. The van der Waals surface area contributed by atoms with E-state index < -0.39 is 0 Å². The van der Waals surface area contributed by atoms with Gasteiger partial charge in [0.25, 0.3) is 0 Å². The standard InChI is InChI=1S/C60H38N4S/c1-2-16-40(17-3-1)59-50-26-6-9-27-53(50)61-60(62-59)43-20-12-19-41(35-43)42-31-33-56-51(36-42)48-24-7-10-28-55(48)64(56)45-22-14-21-44(37-45)63(54-29-13-18-39-15-4-5-23-47(39)54)46-32-34-58-52(38-46)49-25-8-11-30-57(49)65-58/h1-38H. The van der Waals surface area contributed by atoms with Crippen molar-refractivity contribution in [3.63, 3.8) is 0 Å². The van der Waals surface area contributed by atoms with E-state index in [2.05, 4.69) is 228 Å². The first-order valence-corrected chi connectivity index (χ1v) is 22.8. The third-order valence-electron chi connectivity index (χ3n) is 12.7. The SMILES string of the molecule is c1ccc(-c2nc(-c3cccc(-c4ccc5c(c4)c4ccccc4n5-c4cccc(N(c5ccc6sc7ccccc7c6c5)c5cccc6ccccc56)c4)c3)nc3ccccc23)cc1. The van der Waals surface area contributed by atoms with Gasteiger partial charge in [0, 0.05) is 69.9 Å². The Hall–Kier alpha value is -8.38. The van der Waals surface area contributed by atoms with E-state index in [4.69, 9.17) is 9.97 Å². The van der Waals surface area contributed by atoms with Gasteiger partial charge in [-0.3, -0.25) is 0 Å². The molecular weight excluding hydrogens is 809 g/mol. The van der Waals surface area contributed by atoms with Gasteiger partial charge in [-0.1, -0.05) is 152 Å². The van der Waals surface area contributed by atoms with E-state index in [9.17, 15) is 0 Å². The number of fused-ring (bicyclic) bond motifs is 8. The molecule has 3 heterocycles. The summed E-state index contributed by atoms with van der Waals surface area (Å²) in [7, 11) is 0. The van der Waals surface area contributed by atoms with Crippen LogP contribution in [0.1, 0.15) is 0 Å². The Morgan fingerprint density at radius 3 is 1.95 bits per heavy atom. The van der Waals surface area contributed by atoms with Crippen molar-refractivity contribution < 1.29 is 0 Å². The molecule has 13 aromatic rings. The molecule has 0 radical (unpaired) electrons. The van der Waals surface area contributed by atoms with E-state index in [0.717, 1.165) is 72.6 Å². The molecule has 0 N–H and O–H groups in total. The highest BCUT2D eigenvalue weighted by molar-refractivity contribution is 7.25. The minimum Gasteiger partial charge on any atom is -0.310 e. The van der Waals surface area contributed by atoms with Gasteiger partial charge in [0.1, 0.15) is 0 Å². The number of thiophene rings is 1. The second-order valence-corrected chi connectivity index (χ2v) is 17.7. The largest absolute Gasteiger partial charge is 0.310 e. The van der Waals surface area contributed by atoms with Gasteiger partial charge < -0.3 is 9.47 Å². The third-order valence-corrected chi connectivity index (χ3v) is 13.9. The lowest BCUT2D eigenvalue weighted by molar-refractivity contribution is 1.17. The number of hydrogen-bond acceptors (Lipinski definition) is 4. The summed E-state index contributed by atoms with van der Waals surface area (Å²) in [5.41, 5.74) is 12.9. The smallest absolute Gasteiger partial charge is 0.160 e. The fourth-order valence-corrected chi connectivity index (χ4v) is 10.8. The minimum absolute atomic E-state index is 0.711. The van der Waals surface area contributed by atoms with Gasteiger partial charge in [0.05, 0.1) is 27.9 Å². The van der Waals surface area contributed by atoms with Gasteiger partial charge in [-0.25, -0.2) is 9.97 Å². The Morgan fingerprint density at radius 1 is 0.369 bits per heavy atom. The first-order chi connectivity index (χ1) is 32.2. The molecule has 10 aromatic carbocycles. The lowest BCUT2D eigenvalue weighted by Crippen LogP contribution is -2.11. The number of rotatable bonds is 7. The maximum atomic E-state index is 5.18. The molecule has 0 amide bonds. The summed E-state index contributed by atoms with van der Waals surface area (Å²) in [5, 5.41) is 8.42. The monoisotopic (exact) mass is 846 g/mol. The van der Waals surface area contributed by atoms with E-state index in [-0.39, 0.29) is 0 Å². The van der Waals surface area contributed by atoms with Crippen molar-refractivity contribution in [2.24, 2.45) is 0 Å². The van der Waals surface area contributed by atoms with Crippen molar-refractivity contribution in [1.82, 2.24) is 14.5 Å². The molecule has 13 rings (SSSR count). The summed E-state index contributed by atoms with van der Waals surface area (Å²) in [6, 6.07) is 82.9. The Morgan fingerprint density at radius 2 is 1.03 bits per heavy atom. The molecule has 0 saturated carbocycles. The van der Waals surface area contributed by atoms with Gasteiger partial charge in [0.15, 0.2) is 5.82 Å². The molecule has 0 fully saturated rings. The highest BCUT2D eigenvalue weighted by atomic mass is 32.1. The van der Waals surface area contributed by atoms with Crippen molar-refractivity contribution in [3.8, 4) is 39.5 Å². The molecule has 304 valence electrons. The van der Waals surface area contributed by atoms with Gasteiger partial charge in [-0.2, -0.15) is 0 Å². The van der Waals surface area contributed by atoms with Crippen LogP contribution < -0.4 is 4.90 Å². The Bertz CT molecular complexity index is 3970. The quantitative estimate of drug-likeness (QED) is 0.160. The van der Waals surface area contributed by atoms with Crippen molar-refractivity contribution in [2.45, 2.75) is 0 Å². The van der Waals surface area contributed by atoms with E-state index >= 15 is 0 Å². The maximum absolute atomic E-state index is 5.18. The number of benzene rings is 10. The van der Waals surface area contributed by atoms with Crippen LogP contribution in [0.2, 0.25) is 0 Å². The lowest BCUT2D eigenvalue weighted by Gasteiger charge is -2.27. The first kappa shape index (κ1) is 37.2. The fourth-order valence-electron chi connectivity index (χ4n) is 9.75. The van der Waals surface area contributed by atoms with Crippen molar-refractivity contribution in [1.29, 1.82) is 0 Å². The molecule has 0 unspecified atom stereocenters. The van der Waals surface area contributed by atoms with Crippen molar-refractivity contribution in [2.75, 3.05) is 4.90 Å². The third kappa shape index (κ3) is 6.28. The second kappa shape index (κ2) is 15.2. The van der Waals surface area contributed by atoms with Crippen molar-refractivity contribution in [3.05, 3.63) is 231 Å².